The smallest absolute Gasteiger partial charge is 0.164 e. The number of hydrogen-bond donors (Lipinski definition) is 1. The maximum atomic E-state index is 5.08. The van der Waals surface area contributed by atoms with Crippen LogP contribution in [0, 0.1) is 0 Å². The molecule has 0 bridgehead atoms. The van der Waals surface area contributed by atoms with E-state index in [0.717, 1.165) is 29.5 Å². The summed E-state index contributed by atoms with van der Waals surface area (Å²) in [6.07, 6.45) is 17.1. The Kier molecular flexibility index (Phi) is 6.19. The van der Waals surface area contributed by atoms with Gasteiger partial charge in [0.05, 0.1) is 11.5 Å². The highest BCUT2D eigenvalue weighted by Gasteiger charge is 2.49. The molecular formula is C39H30N4. The SMILES string of the molecule is C1=CNC(C2(c3ccccc3)c3ccccc3-c3ccc(-c4nc(C5=CCCC=C5)nc(-c5ccccc5)n4)cc32)C=C1. The van der Waals surface area contributed by atoms with E-state index in [1.807, 2.05) is 18.2 Å². The molecule has 2 heterocycles. The summed E-state index contributed by atoms with van der Waals surface area (Å²) in [6.45, 7) is 0. The van der Waals surface area contributed by atoms with Gasteiger partial charge < -0.3 is 5.32 Å². The first kappa shape index (κ1) is 25.4. The zero-order valence-corrected chi connectivity index (χ0v) is 23.7. The first-order chi connectivity index (χ1) is 21.3. The van der Waals surface area contributed by atoms with Crippen LogP contribution in [-0.4, -0.2) is 21.0 Å². The van der Waals surface area contributed by atoms with Gasteiger partial charge in [-0.15, -0.1) is 0 Å². The molecule has 43 heavy (non-hydrogen) atoms. The van der Waals surface area contributed by atoms with E-state index in [1.165, 1.54) is 27.8 Å². The minimum Gasteiger partial charge on any atom is -0.383 e. The van der Waals surface area contributed by atoms with Crippen molar-refractivity contribution in [3.63, 3.8) is 0 Å². The van der Waals surface area contributed by atoms with Crippen molar-refractivity contribution in [2.24, 2.45) is 0 Å². The first-order valence-electron chi connectivity index (χ1n) is 14.9. The Morgan fingerprint density at radius 1 is 0.628 bits per heavy atom. The van der Waals surface area contributed by atoms with Crippen molar-refractivity contribution >= 4 is 5.57 Å². The summed E-state index contributed by atoms with van der Waals surface area (Å²) in [5.41, 5.74) is 8.83. The third-order valence-electron chi connectivity index (χ3n) is 8.75. The molecule has 0 spiro atoms. The lowest BCUT2D eigenvalue weighted by Gasteiger charge is -2.40. The average Bonchev–Trinajstić information content (AvgIpc) is 3.40. The zero-order valence-electron chi connectivity index (χ0n) is 23.7. The van der Waals surface area contributed by atoms with Gasteiger partial charge in [0, 0.05) is 16.7 Å². The molecule has 0 saturated heterocycles. The normalized spacial score (nSPS) is 19.8. The van der Waals surface area contributed by atoms with Gasteiger partial charge in [-0.2, -0.15) is 0 Å². The summed E-state index contributed by atoms with van der Waals surface area (Å²) in [6, 6.07) is 36.6. The third kappa shape index (κ3) is 4.18. The topological polar surface area (TPSA) is 50.7 Å². The molecule has 1 aromatic heterocycles. The molecule has 206 valence electrons. The van der Waals surface area contributed by atoms with Gasteiger partial charge in [0.25, 0.3) is 0 Å². The highest BCUT2D eigenvalue weighted by Crippen LogP contribution is 2.55. The lowest BCUT2D eigenvalue weighted by Crippen LogP contribution is -2.47. The van der Waals surface area contributed by atoms with Crippen molar-refractivity contribution in [3.8, 4) is 33.9 Å². The van der Waals surface area contributed by atoms with Crippen LogP contribution in [0.5, 0.6) is 0 Å². The minimum absolute atomic E-state index is 0.0175. The zero-order chi connectivity index (χ0) is 28.6. The molecule has 0 fully saturated rings. The number of hydrogen-bond acceptors (Lipinski definition) is 4. The number of fused-ring (bicyclic) bond motifs is 3. The van der Waals surface area contributed by atoms with E-state index >= 15 is 0 Å². The second kappa shape index (κ2) is 10.5. The van der Waals surface area contributed by atoms with Gasteiger partial charge in [0.1, 0.15) is 0 Å². The van der Waals surface area contributed by atoms with Crippen LogP contribution < -0.4 is 5.32 Å². The Labute approximate surface area is 251 Å². The molecule has 5 aromatic rings. The molecule has 1 N–H and O–H groups in total. The summed E-state index contributed by atoms with van der Waals surface area (Å²) in [5, 5.41) is 3.70. The summed E-state index contributed by atoms with van der Waals surface area (Å²) in [4.78, 5) is 15.1. The number of nitrogens with one attached hydrogen (secondary N) is 1. The predicted octanol–water partition coefficient (Wildman–Crippen LogP) is 8.30. The van der Waals surface area contributed by atoms with Crippen molar-refractivity contribution in [2.75, 3.05) is 0 Å². The van der Waals surface area contributed by atoms with E-state index in [0.29, 0.717) is 17.5 Å². The van der Waals surface area contributed by atoms with Crippen molar-refractivity contribution in [1.82, 2.24) is 20.3 Å². The van der Waals surface area contributed by atoms with Crippen LogP contribution in [0.25, 0.3) is 39.5 Å². The summed E-state index contributed by atoms with van der Waals surface area (Å²) in [7, 11) is 0. The van der Waals surface area contributed by atoms with E-state index in [-0.39, 0.29) is 6.04 Å². The fourth-order valence-corrected chi connectivity index (χ4v) is 6.82. The minimum atomic E-state index is -0.447. The van der Waals surface area contributed by atoms with E-state index < -0.39 is 5.41 Å². The number of dihydropyridines is 1. The standard InChI is InChI=1S/C39H30N4/c1-4-14-27(15-5-1)36-41-37(28-16-6-2-7-17-28)43-38(42-36)29-23-24-32-31-20-10-11-21-33(31)39(34(32)26-29,30-18-8-3-9-19-30)35-22-12-13-25-40-35/h1,3-6,8-26,35,40H,2,7H2. The van der Waals surface area contributed by atoms with Crippen molar-refractivity contribution in [1.29, 1.82) is 0 Å². The van der Waals surface area contributed by atoms with Gasteiger partial charge >= 0.3 is 0 Å². The number of rotatable bonds is 5. The van der Waals surface area contributed by atoms with Gasteiger partial charge in [-0.3, -0.25) is 0 Å². The van der Waals surface area contributed by atoms with E-state index in [9.17, 15) is 0 Å². The molecule has 2 unspecified atom stereocenters. The third-order valence-corrected chi connectivity index (χ3v) is 8.75. The molecule has 4 nitrogen and oxygen atoms in total. The lowest BCUT2D eigenvalue weighted by atomic mass is 9.66. The van der Waals surface area contributed by atoms with Crippen molar-refractivity contribution in [2.45, 2.75) is 24.3 Å². The average molecular weight is 555 g/mol. The van der Waals surface area contributed by atoms with E-state index in [1.54, 1.807) is 0 Å². The Bertz CT molecular complexity index is 1950. The Hall–Kier alpha value is -5.35. The molecule has 3 aliphatic rings. The highest BCUT2D eigenvalue weighted by molar-refractivity contribution is 5.86. The van der Waals surface area contributed by atoms with Crippen LogP contribution in [0.15, 0.2) is 146 Å². The monoisotopic (exact) mass is 554 g/mol. The Balaban J connectivity index is 1.37. The molecule has 2 atom stereocenters. The molecule has 0 saturated carbocycles. The quantitative estimate of drug-likeness (QED) is 0.237. The second-order valence-electron chi connectivity index (χ2n) is 11.2. The largest absolute Gasteiger partial charge is 0.383 e. The maximum absolute atomic E-state index is 5.08. The predicted molar refractivity (Wildman–Crippen MR) is 174 cm³/mol. The maximum Gasteiger partial charge on any atom is 0.164 e. The van der Waals surface area contributed by atoms with Gasteiger partial charge in [0.2, 0.25) is 0 Å². The number of aromatic nitrogens is 3. The number of allylic oxidation sites excluding steroid dienone is 6. The van der Waals surface area contributed by atoms with Crippen LogP contribution >= 0.6 is 0 Å². The van der Waals surface area contributed by atoms with Crippen LogP contribution in [0.3, 0.4) is 0 Å². The van der Waals surface area contributed by atoms with Crippen LogP contribution in [0.1, 0.15) is 35.4 Å². The van der Waals surface area contributed by atoms with Crippen LogP contribution in [0.2, 0.25) is 0 Å². The molecule has 4 heteroatoms. The number of nitrogens with zero attached hydrogens (tertiary/aromatic N) is 3. The molecule has 8 rings (SSSR count). The van der Waals surface area contributed by atoms with Crippen LogP contribution in [0.4, 0.5) is 0 Å². The molecule has 1 aliphatic heterocycles. The fourth-order valence-electron chi connectivity index (χ4n) is 6.82. The van der Waals surface area contributed by atoms with Gasteiger partial charge in [-0.05, 0) is 59.0 Å². The molecule has 0 amide bonds. The summed E-state index contributed by atoms with van der Waals surface area (Å²) >= 11 is 0. The Morgan fingerprint density at radius 2 is 1.35 bits per heavy atom. The highest BCUT2D eigenvalue weighted by atomic mass is 15.0. The molecular weight excluding hydrogens is 524 g/mol. The van der Waals surface area contributed by atoms with Crippen LogP contribution in [-0.2, 0) is 5.41 Å². The van der Waals surface area contributed by atoms with E-state index in [4.69, 9.17) is 15.0 Å². The summed E-state index contributed by atoms with van der Waals surface area (Å²) < 4.78 is 0. The van der Waals surface area contributed by atoms with Crippen molar-refractivity contribution in [3.05, 3.63) is 168 Å². The summed E-state index contributed by atoms with van der Waals surface area (Å²) in [5.74, 6) is 2.07. The molecule has 0 radical (unpaired) electrons. The first-order valence-corrected chi connectivity index (χ1v) is 14.9. The fraction of sp³-hybridized carbons (Fsp3) is 0.103. The second-order valence-corrected chi connectivity index (χ2v) is 11.2. The van der Waals surface area contributed by atoms with Gasteiger partial charge in [-0.1, -0.05) is 127 Å². The Morgan fingerprint density at radius 3 is 2.12 bits per heavy atom. The van der Waals surface area contributed by atoms with E-state index in [2.05, 4.69) is 133 Å². The molecule has 2 aliphatic carbocycles. The van der Waals surface area contributed by atoms with Crippen molar-refractivity contribution < 1.29 is 0 Å². The lowest BCUT2D eigenvalue weighted by molar-refractivity contribution is 0.501. The number of benzene rings is 4. The van der Waals surface area contributed by atoms with Gasteiger partial charge in [-0.25, -0.2) is 15.0 Å². The molecule has 4 aromatic carbocycles. The van der Waals surface area contributed by atoms with Gasteiger partial charge in [0.15, 0.2) is 17.5 Å².